The Balaban J connectivity index is 1.40. The molecule has 1 aliphatic heterocycles. The number of fused-ring (bicyclic) bond motifs is 7. The van der Waals surface area contributed by atoms with Crippen molar-refractivity contribution < 1.29 is 19.5 Å². The van der Waals surface area contributed by atoms with Crippen LogP contribution in [0.2, 0.25) is 0 Å². The van der Waals surface area contributed by atoms with E-state index in [1.807, 2.05) is 0 Å². The molecule has 1 amide bonds. The summed E-state index contributed by atoms with van der Waals surface area (Å²) >= 11 is 0. The molecule has 6 aliphatic rings. The lowest BCUT2D eigenvalue weighted by Gasteiger charge is -2.68. The molecule has 6 rings (SSSR count). The third-order valence-corrected chi connectivity index (χ3v) is 13.3. The predicted octanol–water partition coefficient (Wildman–Crippen LogP) is 5.74. The second kappa shape index (κ2) is 8.51. The summed E-state index contributed by atoms with van der Waals surface area (Å²) in [7, 11) is 0. The van der Waals surface area contributed by atoms with Crippen LogP contribution >= 0.6 is 0 Å². The van der Waals surface area contributed by atoms with Crippen molar-refractivity contribution in [2.75, 3.05) is 13.1 Å². The van der Waals surface area contributed by atoms with Gasteiger partial charge in [-0.1, -0.05) is 41.5 Å². The summed E-state index contributed by atoms with van der Waals surface area (Å²) in [6.45, 7) is 15.1. The van der Waals surface area contributed by atoms with Crippen molar-refractivity contribution in [3.05, 3.63) is 11.1 Å². The number of hydrogen-bond donors (Lipinski definition) is 1. The lowest BCUT2D eigenvalue weighted by Crippen LogP contribution is -2.63. The monoisotopic (exact) mass is 523 g/mol. The van der Waals surface area contributed by atoms with E-state index < -0.39 is 5.41 Å². The van der Waals surface area contributed by atoms with Crippen molar-refractivity contribution in [3.8, 4) is 0 Å². The number of allylic oxidation sites excluding steroid dienone is 2. The van der Waals surface area contributed by atoms with Crippen LogP contribution in [0, 0.1) is 51.2 Å². The number of carbonyl (C=O) groups is 3. The van der Waals surface area contributed by atoms with Crippen LogP contribution in [0.5, 0.6) is 0 Å². The summed E-state index contributed by atoms with van der Waals surface area (Å²) < 4.78 is 0. The van der Waals surface area contributed by atoms with Gasteiger partial charge in [0, 0.05) is 19.5 Å². The van der Waals surface area contributed by atoms with Gasteiger partial charge in [-0.25, -0.2) is 0 Å². The molecule has 5 fully saturated rings. The van der Waals surface area contributed by atoms with Gasteiger partial charge in [0.25, 0.3) is 5.91 Å². The Kier molecular flexibility index (Phi) is 5.98. The summed E-state index contributed by atoms with van der Waals surface area (Å²) in [5, 5.41) is 10.9. The maximum Gasteiger partial charge on any atom is 0.290 e. The first-order chi connectivity index (χ1) is 17.8. The Hall–Kier alpha value is -1.49. The number of nitrogens with zero attached hydrogens (tertiary/aromatic N) is 1. The van der Waals surface area contributed by atoms with Crippen LogP contribution in [0.1, 0.15) is 106 Å². The number of amides is 1. The minimum absolute atomic E-state index is 0.0677. The predicted molar refractivity (Wildman–Crippen MR) is 147 cm³/mol. The molecule has 1 N–H and O–H groups in total. The third-order valence-electron chi connectivity index (χ3n) is 13.3. The van der Waals surface area contributed by atoms with Gasteiger partial charge < -0.3 is 10.0 Å². The molecule has 0 radical (unpaired) electrons. The molecular weight excluding hydrogens is 474 g/mol. The summed E-state index contributed by atoms with van der Waals surface area (Å²) in [4.78, 5) is 42.6. The first-order valence-electron chi connectivity index (χ1n) is 15.6. The van der Waals surface area contributed by atoms with Gasteiger partial charge in [0.05, 0.1) is 11.5 Å². The van der Waals surface area contributed by atoms with E-state index in [4.69, 9.17) is 0 Å². The SMILES string of the molecule is CC(C)C1=C2C3CCC4C(C)(CCC5C(C)(C)C(O)CCC54C)C3CCC2(C(=O)C(=O)N2CCC2)CC1=O. The van der Waals surface area contributed by atoms with Crippen molar-refractivity contribution in [1.82, 2.24) is 4.90 Å². The quantitative estimate of drug-likeness (QED) is 0.479. The molecule has 1 heterocycles. The molecule has 8 unspecified atom stereocenters. The highest BCUT2D eigenvalue weighted by Crippen LogP contribution is 2.72. The van der Waals surface area contributed by atoms with Gasteiger partial charge in [-0.2, -0.15) is 0 Å². The minimum Gasteiger partial charge on any atom is -0.393 e. The average Bonchev–Trinajstić information content (AvgIpc) is 3.13. The molecule has 38 heavy (non-hydrogen) atoms. The lowest BCUT2D eigenvalue weighted by atomic mass is 9.36. The first-order valence-corrected chi connectivity index (χ1v) is 15.6. The van der Waals surface area contributed by atoms with Crippen molar-refractivity contribution in [1.29, 1.82) is 0 Å². The van der Waals surface area contributed by atoms with Gasteiger partial charge in [0.2, 0.25) is 5.78 Å². The standard InChI is InChI=1S/C33H49NO4/c1-19(2)26-22(35)18-33(28(37)29(38)34-16-7-17-34)15-10-21-20(27(26)33)8-9-24-31(21,5)13-11-23-30(3,4)25(36)12-14-32(23,24)6/h19-21,23-25,36H,7-18H2,1-6H3. The van der Waals surface area contributed by atoms with Gasteiger partial charge >= 0.3 is 0 Å². The van der Waals surface area contributed by atoms with Gasteiger partial charge in [-0.15, -0.1) is 0 Å². The molecule has 5 heteroatoms. The highest BCUT2D eigenvalue weighted by molar-refractivity contribution is 6.40. The van der Waals surface area contributed by atoms with E-state index in [-0.39, 0.29) is 58.1 Å². The van der Waals surface area contributed by atoms with E-state index >= 15 is 0 Å². The zero-order chi connectivity index (χ0) is 27.4. The number of aliphatic hydroxyl groups excluding tert-OH is 1. The van der Waals surface area contributed by atoms with Crippen LogP contribution in [0.25, 0.3) is 0 Å². The van der Waals surface area contributed by atoms with Crippen molar-refractivity contribution in [2.24, 2.45) is 51.2 Å². The third kappa shape index (κ3) is 3.29. The fourth-order valence-corrected chi connectivity index (χ4v) is 11.4. The summed E-state index contributed by atoms with van der Waals surface area (Å²) in [6, 6.07) is 0. The summed E-state index contributed by atoms with van der Waals surface area (Å²) in [5.74, 6) is 1.34. The molecule has 4 saturated carbocycles. The smallest absolute Gasteiger partial charge is 0.290 e. The van der Waals surface area contributed by atoms with Crippen LogP contribution in [-0.2, 0) is 14.4 Å². The molecule has 0 bridgehead atoms. The molecule has 0 aromatic rings. The second-order valence-corrected chi connectivity index (χ2v) is 15.5. The molecule has 210 valence electrons. The molecule has 0 spiro atoms. The Bertz CT molecular complexity index is 1100. The van der Waals surface area contributed by atoms with E-state index in [0.717, 1.165) is 62.5 Å². The van der Waals surface area contributed by atoms with Gasteiger partial charge in [-0.05, 0) is 115 Å². The number of hydrogen-bond acceptors (Lipinski definition) is 4. The lowest BCUT2D eigenvalue weighted by molar-refractivity contribution is -0.203. The number of rotatable bonds is 3. The van der Waals surface area contributed by atoms with Crippen LogP contribution < -0.4 is 0 Å². The molecule has 0 aromatic carbocycles. The van der Waals surface area contributed by atoms with Gasteiger partial charge in [0.15, 0.2) is 5.78 Å². The van der Waals surface area contributed by atoms with Crippen molar-refractivity contribution >= 4 is 17.5 Å². The van der Waals surface area contributed by atoms with Crippen molar-refractivity contribution in [3.63, 3.8) is 0 Å². The van der Waals surface area contributed by atoms with Crippen molar-refractivity contribution in [2.45, 2.75) is 112 Å². The normalized spacial score (nSPS) is 45.6. The van der Waals surface area contributed by atoms with Crippen LogP contribution in [0.3, 0.4) is 0 Å². The second-order valence-electron chi connectivity index (χ2n) is 15.5. The number of likely N-dealkylation sites (tertiary alicyclic amines) is 1. The zero-order valence-corrected chi connectivity index (χ0v) is 24.6. The number of ketones is 2. The van der Waals surface area contributed by atoms with Gasteiger partial charge in [0.1, 0.15) is 0 Å². The Morgan fingerprint density at radius 1 is 0.895 bits per heavy atom. The topological polar surface area (TPSA) is 74.7 Å². The molecule has 8 atom stereocenters. The van der Waals surface area contributed by atoms with E-state index in [0.29, 0.717) is 37.3 Å². The number of Topliss-reactive ketones (excluding diaryl/α,β-unsaturated/α-hetero) is 2. The highest BCUT2D eigenvalue weighted by Gasteiger charge is 2.67. The zero-order valence-electron chi connectivity index (χ0n) is 24.6. The largest absolute Gasteiger partial charge is 0.393 e. The first kappa shape index (κ1) is 26.7. The molecular formula is C33H49NO4. The van der Waals surface area contributed by atoms with Crippen LogP contribution in [0.4, 0.5) is 0 Å². The van der Waals surface area contributed by atoms with E-state index in [9.17, 15) is 19.5 Å². The summed E-state index contributed by atoms with van der Waals surface area (Å²) in [6.07, 6.45) is 8.93. The Morgan fingerprint density at radius 3 is 2.21 bits per heavy atom. The minimum atomic E-state index is -0.897. The van der Waals surface area contributed by atoms with Crippen LogP contribution in [-0.4, -0.2) is 46.7 Å². The fraction of sp³-hybridized carbons (Fsp3) is 0.848. The van der Waals surface area contributed by atoms with E-state index in [1.165, 1.54) is 0 Å². The highest BCUT2D eigenvalue weighted by atomic mass is 16.3. The Labute approximate surface area is 229 Å². The maximum absolute atomic E-state index is 14.0. The molecule has 0 aromatic heterocycles. The number of aliphatic hydroxyl groups is 1. The average molecular weight is 524 g/mol. The number of carbonyl (C=O) groups excluding carboxylic acids is 3. The van der Waals surface area contributed by atoms with Gasteiger partial charge in [-0.3, -0.25) is 14.4 Å². The van der Waals surface area contributed by atoms with Crippen LogP contribution in [0.15, 0.2) is 11.1 Å². The van der Waals surface area contributed by atoms with E-state index in [1.54, 1.807) is 4.90 Å². The van der Waals surface area contributed by atoms with E-state index in [2.05, 4.69) is 41.5 Å². The molecule has 5 aliphatic carbocycles. The summed E-state index contributed by atoms with van der Waals surface area (Å²) in [5.41, 5.74) is 1.38. The fourth-order valence-electron chi connectivity index (χ4n) is 11.4. The molecule has 5 nitrogen and oxygen atoms in total. The molecule has 1 saturated heterocycles. The maximum atomic E-state index is 14.0. The Morgan fingerprint density at radius 2 is 1.58 bits per heavy atom.